The number of hydrogen-bond donors (Lipinski definition) is 1. The Balaban J connectivity index is 1.79. The number of benzene rings is 3. The van der Waals surface area contributed by atoms with Crippen molar-refractivity contribution in [3.05, 3.63) is 109 Å². The number of hydrogen-bond acceptors (Lipinski definition) is 8. The highest BCUT2D eigenvalue weighted by molar-refractivity contribution is 5.85. The van der Waals surface area contributed by atoms with Gasteiger partial charge in [-0.15, -0.1) is 0 Å². The molecule has 14 nitrogen and oxygen atoms in total. The number of carbonyl (C=O) groups is 2. The molecule has 3 aromatic carbocycles. The van der Waals surface area contributed by atoms with Crippen LogP contribution in [0.15, 0.2) is 71.5 Å². The molecule has 0 radical (unpaired) electrons. The van der Waals surface area contributed by atoms with Crippen molar-refractivity contribution in [1.82, 2.24) is 14.0 Å². The number of nitrogens with zero attached hydrogens (tertiary/aromatic N) is 5. The van der Waals surface area contributed by atoms with Crippen LogP contribution in [0.5, 0.6) is 5.75 Å². The maximum absolute atomic E-state index is 13.6. The van der Waals surface area contributed by atoms with E-state index in [1.165, 1.54) is 53.0 Å². The summed E-state index contributed by atoms with van der Waals surface area (Å²) in [7, 11) is 1.36. The Morgan fingerprint density at radius 2 is 1.57 bits per heavy atom. The predicted octanol–water partition coefficient (Wildman–Crippen LogP) is 2.19. The van der Waals surface area contributed by atoms with Crippen LogP contribution in [0.2, 0.25) is 0 Å². The Bertz CT molecular complexity index is 1680. The first kappa shape index (κ1) is 27.5. The molecular formula is C26H24N6O8. The largest absolute Gasteiger partial charge is 0.496 e. The van der Waals surface area contributed by atoms with Crippen LogP contribution in [-0.4, -0.2) is 49.3 Å². The molecule has 0 bridgehead atoms. The number of non-ortho nitro benzene ring substituents is 2. The fourth-order valence-corrected chi connectivity index (χ4v) is 4.36. The summed E-state index contributed by atoms with van der Waals surface area (Å²) in [6, 6.07) is 16.5. The fourth-order valence-electron chi connectivity index (χ4n) is 4.36. The molecular weight excluding hydrogens is 524 g/mol. The molecule has 1 aromatic heterocycles. The number of nitrogens with two attached hydrogens (primary N) is 1. The SMILES string of the molecule is COc1ccc([N+](=O)[O-])cc1Cn1c(=O)n(CC(=O)N(CC(N)=O)Cc2ccccc2)c2ccc([N+](=O)[O-])cc21. The van der Waals surface area contributed by atoms with Crippen molar-refractivity contribution < 1.29 is 24.2 Å². The molecule has 4 aromatic rings. The molecule has 206 valence electrons. The average molecular weight is 549 g/mol. The van der Waals surface area contributed by atoms with Crippen LogP contribution in [0, 0.1) is 20.2 Å². The van der Waals surface area contributed by atoms with Crippen molar-refractivity contribution in [3.63, 3.8) is 0 Å². The second-order valence-corrected chi connectivity index (χ2v) is 8.84. The van der Waals surface area contributed by atoms with E-state index in [0.717, 1.165) is 10.1 Å². The summed E-state index contributed by atoms with van der Waals surface area (Å²) in [6.07, 6.45) is 0. The predicted molar refractivity (Wildman–Crippen MR) is 143 cm³/mol. The summed E-state index contributed by atoms with van der Waals surface area (Å²) in [6.45, 7) is -1.06. The second-order valence-electron chi connectivity index (χ2n) is 8.84. The maximum atomic E-state index is 13.6. The highest BCUT2D eigenvalue weighted by Crippen LogP contribution is 2.27. The van der Waals surface area contributed by atoms with Crippen molar-refractivity contribution in [2.24, 2.45) is 5.73 Å². The number of nitro benzene ring substituents is 2. The van der Waals surface area contributed by atoms with Gasteiger partial charge in [-0.3, -0.25) is 39.0 Å². The number of primary amides is 1. The van der Waals surface area contributed by atoms with E-state index in [-0.39, 0.29) is 46.8 Å². The zero-order valence-corrected chi connectivity index (χ0v) is 21.3. The summed E-state index contributed by atoms with van der Waals surface area (Å²) >= 11 is 0. The summed E-state index contributed by atoms with van der Waals surface area (Å²) in [4.78, 5) is 61.5. The van der Waals surface area contributed by atoms with Gasteiger partial charge in [-0.2, -0.15) is 0 Å². The number of ether oxygens (including phenoxy) is 1. The van der Waals surface area contributed by atoms with E-state index in [9.17, 15) is 34.6 Å². The molecule has 0 unspecified atom stereocenters. The highest BCUT2D eigenvalue weighted by atomic mass is 16.6. The third kappa shape index (κ3) is 5.80. The topological polar surface area (TPSA) is 186 Å². The zero-order valence-electron chi connectivity index (χ0n) is 21.3. The van der Waals surface area contributed by atoms with Gasteiger partial charge < -0.3 is 15.4 Å². The van der Waals surface area contributed by atoms with Crippen LogP contribution in [-0.2, 0) is 29.2 Å². The third-order valence-corrected chi connectivity index (χ3v) is 6.23. The molecule has 0 aliphatic heterocycles. The molecule has 40 heavy (non-hydrogen) atoms. The molecule has 0 saturated carbocycles. The van der Waals surface area contributed by atoms with Crippen molar-refractivity contribution in [1.29, 1.82) is 0 Å². The van der Waals surface area contributed by atoms with Gasteiger partial charge in [0.15, 0.2) is 0 Å². The van der Waals surface area contributed by atoms with Gasteiger partial charge in [-0.1, -0.05) is 30.3 Å². The van der Waals surface area contributed by atoms with Crippen LogP contribution in [0.1, 0.15) is 11.1 Å². The van der Waals surface area contributed by atoms with Crippen molar-refractivity contribution in [2.45, 2.75) is 19.6 Å². The van der Waals surface area contributed by atoms with Crippen molar-refractivity contribution in [3.8, 4) is 5.75 Å². The smallest absolute Gasteiger partial charge is 0.329 e. The van der Waals surface area contributed by atoms with Gasteiger partial charge in [0.05, 0.1) is 41.1 Å². The summed E-state index contributed by atoms with van der Waals surface area (Å²) in [5.41, 5.74) is 5.49. The summed E-state index contributed by atoms with van der Waals surface area (Å²) in [5.74, 6) is -1.07. The number of methoxy groups -OCH3 is 1. The van der Waals surface area contributed by atoms with E-state index in [1.54, 1.807) is 30.3 Å². The monoisotopic (exact) mass is 548 g/mol. The molecule has 0 aliphatic rings. The van der Waals surface area contributed by atoms with Crippen LogP contribution in [0.25, 0.3) is 11.0 Å². The number of carbonyl (C=O) groups excluding carboxylic acids is 2. The molecule has 0 atom stereocenters. The van der Waals surface area contributed by atoms with E-state index >= 15 is 0 Å². The molecule has 0 fully saturated rings. The lowest BCUT2D eigenvalue weighted by Crippen LogP contribution is -2.41. The first-order chi connectivity index (χ1) is 19.1. The highest BCUT2D eigenvalue weighted by Gasteiger charge is 2.23. The van der Waals surface area contributed by atoms with Gasteiger partial charge in [0.25, 0.3) is 11.4 Å². The van der Waals surface area contributed by atoms with E-state index in [2.05, 4.69) is 0 Å². The number of rotatable bonds is 11. The normalized spacial score (nSPS) is 10.8. The molecule has 1 heterocycles. The van der Waals surface area contributed by atoms with Crippen molar-refractivity contribution in [2.75, 3.05) is 13.7 Å². The molecule has 0 aliphatic carbocycles. The number of fused-ring (bicyclic) bond motifs is 1. The number of amides is 2. The van der Waals surface area contributed by atoms with Crippen LogP contribution in [0.4, 0.5) is 11.4 Å². The van der Waals surface area contributed by atoms with Crippen LogP contribution in [0.3, 0.4) is 0 Å². The zero-order chi connectivity index (χ0) is 29.0. The second kappa shape index (κ2) is 11.5. The van der Waals surface area contributed by atoms with Gasteiger partial charge in [-0.05, 0) is 17.7 Å². The Labute approximate surface area is 226 Å². The molecule has 4 rings (SSSR count). The Morgan fingerprint density at radius 1 is 0.925 bits per heavy atom. The molecule has 0 saturated heterocycles. The van der Waals surface area contributed by atoms with Gasteiger partial charge in [0, 0.05) is 36.4 Å². The lowest BCUT2D eigenvalue weighted by Gasteiger charge is -2.21. The minimum Gasteiger partial charge on any atom is -0.496 e. The molecule has 2 amide bonds. The third-order valence-electron chi connectivity index (χ3n) is 6.23. The fraction of sp³-hybridized carbons (Fsp3) is 0.192. The summed E-state index contributed by atoms with van der Waals surface area (Å²) < 4.78 is 7.61. The maximum Gasteiger partial charge on any atom is 0.329 e. The van der Waals surface area contributed by atoms with Crippen LogP contribution >= 0.6 is 0 Å². The molecule has 2 N–H and O–H groups in total. The van der Waals surface area contributed by atoms with Crippen molar-refractivity contribution >= 4 is 34.2 Å². The minimum atomic E-state index is -0.743. The number of nitro groups is 2. The van der Waals surface area contributed by atoms with Gasteiger partial charge >= 0.3 is 5.69 Å². The number of imidazole rings is 1. The lowest BCUT2D eigenvalue weighted by molar-refractivity contribution is -0.385. The Morgan fingerprint density at radius 3 is 2.20 bits per heavy atom. The first-order valence-electron chi connectivity index (χ1n) is 11.9. The first-order valence-corrected chi connectivity index (χ1v) is 11.9. The molecule has 0 spiro atoms. The lowest BCUT2D eigenvalue weighted by atomic mass is 10.1. The van der Waals surface area contributed by atoms with Gasteiger partial charge in [-0.25, -0.2) is 4.79 Å². The minimum absolute atomic E-state index is 0.0619. The standard InChI is InChI=1S/C26H24N6O8/c1-40-23-10-8-19(31(36)37)11-18(23)14-29-22-12-20(32(38)39)7-9-21(22)30(26(29)35)16-25(34)28(15-24(27)33)13-17-5-3-2-4-6-17/h2-12H,13-16H2,1H3,(H2,27,33). The van der Waals surface area contributed by atoms with E-state index < -0.39 is 40.4 Å². The van der Waals surface area contributed by atoms with E-state index in [1.807, 2.05) is 0 Å². The van der Waals surface area contributed by atoms with Gasteiger partial charge in [0.2, 0.25) is 11.8 Å². The van der Waals surface area contributed by atoms with E-state index in [0.29, 0.717) is 0 Å². The Hall–Kier alpha value is -5.53. The van der Waals surface area contributed by atoms with E-state index in [4.69, 9.17) is 10.5 Å². The average Bonchev–Trinajstić information content (AvgIpc) is 3.18. The number of aromatic nitrogens is 2. The Kier molecular flexibility index (Phi) is 7.89. The molecule has 14 heteroatoms. The quantitative estimate of drug-likeness (QED) is 0.218. The summed E-state index contributed by atoms with van der Waals surface area (Å²) in [5, 5.41) is 22.8. The van der Waals surface area contributed by atoms with Gasteiger partial charge in [0.1, 0.15) is 12.3 Å². The van der Waals surface area contributed by atoms with Crippen LogP contribution < -0.4 is 16.2 Å².